The van der Waals surface area contributed by atoms with Crippen molar-refractivity contribution in [3.8, 4) is 0 Å². The highest BCUT2D eigenvalue weighted by Gasteiger charge is 2.25. The van der Waals surface area contributed by atoms with Gasteiger partial charge >= 0.3 is 0 Å². The van der Waals surface area contributed by atoms with E-state index in [1.54, 1.807) is 22.8 Å². The average molecular weight is 236 g/mol. The maximum atomic E-state index is 12.1. The van der Waals surface area contributed by atoms with E-state index in [2.05, 4.69) is 0 Å². The Morgan fingerprint density at radius 3 is 2.24 bits per heavy atom. The summed E-state index contributed by atoms with van der Waals surface area (Å²) in [6, 6.07) is 1.78. The minimum Gasteiger partial charge on any atom is -0.459 e. The number of nitrogens with zero attached hydrogens (tertiary/aromatic N) is 2. The molecule has 0 bridgehead atoms. The third-order valence-electron chi connectivity index (χ3n) is 3.07. The Morgan fingerprint density at radius 1 is 1.18 bits per heavy atom. The zero-order chi connectivity index (χ0) is 12.4. The first-order valence-corrected chi connectivity index (χ1v) is 5.68. The van der Waals surface area contributed by atoms with E-state index in [4.69, 9.17) is 4.42 Å². The maximum Gasteiger partial charge on any atom is 0.289 e. The summed E-state index contributed by atoms with van der Waals surface area (Å²) in [5, 5.41) is 0. The number of hydrogen-bond acceptors (Lipinski definition) is 3. The average Bonchev–Trinajstić information content (AvgIpc) is 2.74. The first-order valence-electron chi connectivity index (χ1n) is 5.68. The highest BCUT2D eigenvalue weighted by molar-refractivity contribution is 5.93. The zero-order valence-corrected chi connectivity index (χ0v) is 10.1. The van der Waals surface area contributed by atoms with E-state index in [1.165, 1.54) is 6.26 Å². The lowest BCUT2D eigenvalue weighted by molar-refractivity contribution is -0.130. The molecule has 17 heavy (non-hydrogen) atoms. The predicted octanol–water partition coefficient (Wildman–Crippen LogP) is 0.892. The third-order valence-corrected chi connectivity index (χ3v) is 3.07. The third kappa shape index (κ3) is 2.33. The fourth-order valence-electron chi connectivity index (χ4n) is 1.96. The Morgan fingerprint density at radius 2 is 1.76 bits per heavy atom. The molecule has 0 saturated carbocycles. The van der Waals surface area contributed by atoms with Crippen molar-refractivity contribution in [3.63, 3.8) is 0 Å². The number of amides is 2. The van der Waals surface area contributed by atoms with Crippen LogP contribution in [0.4, 0.5) is 0 Å². The maximum absolute atomic E-state index is 12.1. The molecule has 5 heteroatoms. The molecule has 0 atom stereocenters. The summed E-state index contributed by atoms with van der Waals surface area (Å²) in [5.41, 5.74) is 0.851. The molecule has 0 aliphatic carbocycles. The molecule has 2 heterocycles. The molecule has 2 amide bonds. The van der Waals surface area contributed by atoms with Crippen LogP contribution in [0.5, 0.6) is 0 Å². The summed E-state index contributed by atoms with van der Waals surface area (Å²) in [5.74, 6) is 0.378. The van der Waals surface area contributed by atoms with E-state index < -0.39 is 0 Å². The molecule has 5 nitrogen and oxygen atoms in total. The van der Waals surface area contributed by atoms with Crippen LogP contribution in [0.1, 0.15) is 23.0 Å². The molecule has 0 aromatic carbocycles. The fourth-order valence-corrected chi connectivity index (χ4v) is 1.96. The van der Waals surface area contributed by atoms with Gasteiger partial charge in [0.15, 0.2) is 5.76 Å². The van der Waals surface area contributed by atoms with Crippen molar-refractivity contribution >= 4 is 11.8 Å². The molecule has 0 radical (unpaired) electrons. The van der Waals surface area contributed by atoms with Crippen molar-refractivity contribution < 1.29 is 14.0 Å². The van der Waals surface area contributed by atoms with Gasteiger partial charge in [-0.05, 0) is 13.0 Å². The Hall–Kier alpha value is -1.78. The second-order valence-electron chi connectivity index (χ2n) is 4.23. The SMILES string of the molecule is CC(=O)N1CCN(C(=O)c2occc2C)CC1. The van der Waals surface area contributed by atoms with Gasteiger partial charge in [0.2, 0.25) is 5.91 Å². The largest absolute Gasteiger partial charge is 0.459 e. The Bertz CT molecular complexity index is 431. The number of aryl methyl sites for hydroxylation is 1. The number of carbonyl (C=O) groups is 2. The summed E-state index contributed by atoms with van der Waals surface area (Å²) in [7, 11) is 0. The molecule has 1 aromatic heterocycles. The van der Waals surface area contributed by atoms with Gasteiger partial charge in [0, 0.05) is 38.7 Å². The van der Waals surface area contributed by atoms with Gasteiger partial charge in [-0.15, -0.1) is 0 Å². The van der Waals surface area contributed by atoms with Crippen molar-refractivity contribution in [2.45, 2.75) is 13.8 Å². The number of piperazine rings is 1. The normalized spacial score (nSPS) is 16.1. The van der Waals surface area contributed by atoms with Crippen LogP contribution in [0.15, 0.2) is 16.7 Å². The van der Waals surface area contributed by atoms with Gasteiger partial charge < -0.3 is 14.2 Å². The Balaban J connectivity index is 2.00. The van der Waals surface area contributed by atoms with E-state index in [0.717, 1.165) is 5.56 Å². The van der Waals surface area contributed by atoms with E-state index in [1.807, 2.05) is 6.92 Å². The van der Waals surface area contributed by atoms with Crippen LogP contribution in [-0.4, -0.2) is 47.8 Å². The molecule has 1 saturated heterocycles. The summed E-state index contributed by atoms with van der Waals surface area (Å²) >= 11 is 0. The first kappa shape index (κ1) is 11.7. The predicted molar refractivity (Wildman–Crippen MR) is 61.6 cm³/mol. The van der Waals surface area contributed by atoms with Crippen molar-refractivity contribution in [3.05, 3.63) is 23.7 Å². The molecule has 0 N–H and O–H groups in total. The topological polar surface area (TPSA) is 53.8 Å². The van der Waals surface area contributed by atoms with Crippen LogP contribution in [0.2, 0.25) is 0 Å². The molecule has 0 spiro atoms. The Labute approximate surface area is 100.0 Å². The standard InChI is InChI=1S/C12H16N2O3/c1-9-3-8-17-11(9)12(16)14-6-4-13(5-7-14)10(2)15/h3,8H,4-7H2,1-2H3. The minimum absolute atomic E-state index is 0.0614. The molecule has 1 aliphatic heterocycles. The summed E-state index contributed by atoms with van der Waals surface area (Å²) in [4.78, 5) is 26.7. The fraction of sp³-hybridized carbons (Fsp3) is 0.500. The second kappa shape index (κ2) is 4.61. The molecule has 92 valence electrons. The molecular weight excluding hydrogens is 220 g/mol. The van der Waals surface area contributed by atoms with Crippen LogP contribution in [0, 0.1) is 6.92 Å². The lowest BCUT2D eigenvalue weighted by Gasteiger charge is -2.33. The van der Waals surface area contributed by atoms with Crippen LogP contribution in [0.25, 0.3) is 0 Å². The number of hydrogen-bond donors (Lipinski definition) is 0. The van der Waals surface area contributed by atoms with Crippen molar-refractivity contribution in [2.75, 3.05) is 26.2 Å². The highest BCUT2D eigenvalue weighted by atomic mass is 16.3. The smallest absolute Gasteiger partial charge is 0.289 e. The molecular formula is C12H16N2O3. The van der Waals surface area contributed by atoms with Gasteiger partial charge in [-0.25, -0.2) is 0 Å². The summed E-state index contributed by atoms with van der Waals surface area (Å²) < 4.78 is 5.18. The van der Waals surface area contributed by atoms with Gasteiger partial charge in [-0.2, -0.15) is 0 Å². The zero-order valence-electron chi connectivity index (χ0n) is 10.1. The van der Waals surface area contributed by atoms with E-state index in [9.17, 15) is 9.59 Å². The highest BCUT2D eigenvalue weighted by Crippen LogP contribution is 2.13. The van der Waals surface area contributed by atoms with Gasteiger partial charge in [-0.3, -0.25) is 9.59 Å². The molecule has 1 aromatic rings. The molecule has 2 rings (SSSR count). The van der Waals surface area contributed by atoms with Gasteiger partial charge in [-0.1, -0.05) is 0 Å². The minimum atomic E-state index is -0.0873. The first-order chi connectivity index (χ1) is 8.09. The quantitative estimate of drug-likeness (QED) is 0.727. The van der Waals surface area contributed by atoms with Crippen LogP contribution in [-0.2, 0) is 4.79 Å². The van der Waals surface area contributed by atoms with Crippen LogP contribution in [0.3, 0.4) is 0 Å². The van der Waals surface area contributed by atoms with Crippen molar-refractivity contribution in [1.29, 1.82) is 0 Å². The summed E-state index contributed by atoms with van der Waals surface area (Å²) in [6.07, 6.45) is 1.52. The second-order valence-corrected chi connectivity index (χ2v) is 4.23. The van der Waals surface area contributed by atoms with Crippen molar-refractivity contribution in [2.24, 2.45) is 0 Å². The van der Waals surface area contributed by atoms with Gasteiger partial charge in [0.05, 0.1) is 6.26 Å². The van der Waals surface area contributed by atoms with E-state index in [0.29, 0.717) is 31.9 Å². The van der Waals surface area contributed by atoms with Crippen molar-refractivity contribution in [1.82, 2.24) is 9.80 Å². The van der Waals surface area contributed by atoms with Gasteiger partial charge in [0.1, 0.15) is 0 Å². The summed E-state index contributed by atoms with van der Waals surface area (Å²) in [6.45, 7) is 5.73. The van der Waals surface area contributed by atoms with E-state index in [-0.39, 0.29) is 11.8 Å². The molecule has 1 aliphatic rings. The number of rotatable bonds is 1. The monoisotopic (exact) mass is 236 g/mol. The van der Waals surface area contributed by atoms with Gasteiger partial charge in [0.25, 0.3) is 5.91 Å². The van der Waals surface area contributed by atoms with Crippen LogP contribution < -0.4 is 0 Å². The Kier molecular flexibility index (Phi) is 3.17. The lowest BCUT2D eigenvalue weighted by Crippen LogP contribution is -2.50. The number of furan rings is 1. The van der Waals surface area contributed by atoms with E-state index >= 15 is 0 Å². The number of carbonyl (C=O) groups excluding carboxylic acids is 2. The van der Waals surface area contributed by atoms with Crippen LogP contribution >= 0.6 is 0 Å². The lowest BCUT2D eigenvalue weighted by atomic mass is 10.2. The molecule has 0 unspecified atom stereocenters. The molecule has 1 fully saturated rings.